The fraction of sp³-hybridized carbons (Fsp3) is 0.455. The zero-order valence-electron chi connectivity index (χ0n) is 11.7. The van der Waals surface area contributed by atoms with E-state index in [9.17, 15) is 9.59 Å². The molecule has 2 unspecified atom stereocenters. The van der Waals surface area contributed by atoms with E-state index in [4.69, 9.17) is 14.8 Å². The van der Waals surface area contributed by atoms with Gasteiger partial charge in [0.25, 0.3) is 5.91 Å². The first-order chi connectivity index (χ1) is 9.95. The number of nitrogens with one attached hydrogen (secondary N) is 2. The van der Waals surface area contributed by atoms with Gasteiger partial charge in [-0.2, -0.15) is 0 Å². The number of methoxy groups -OCH3 is 1. The number of hydrogen-bond acceptors (Lipinski definition) is 7. The van der Waals surface area contributed by atoms with Crippen LogP contribution in [0.4, 0.5) is 0 Å². The van der Waals surface area contributed by atoms with Crippen LogP contribution in [0.15, 0.2) is 18.6 Å². The quantitative estimate of drug-likeness (QED) is 0.417. The molecular weight excluding hydrogens is 279 g/mol. The summed E-state index contributed by atoms with van der Waals surface area (Å²) in [5.74, 6) is -2.07. The van der Waals surface area contributed by atoms with Gasteiger partial charge in [0, 0.05) is 19.5 Å². The molecule has 0 bridgehead atoms. The molecule has 1 aromatic heterocycles. The van der Waals surface area contributed by atoms with Gasteiger partial charge in [0.1, 0.15) is 11.7 Å². The highest BCUT2D eigenvalue weighted by molar-refractivity contribution is 6.43. The lowest BCUT2D eigenvalue weighted by Gasteiger charge is -2.20. The van der Waals surface area contributed by atoms with Crippen molar-refractivity contribution in [3.05, 3.63) is 24.3 Å². The fourth-order valence-corrected chi connectivity index (χ4v) is 1.40. The first kappa shape index (κ1) is 17.0. The zero-order valence-corrected chi connectivity index (χ0v) is 11.7. The van der Waals surface area contributed by atoms with Crippen molar-refractivity contribution in [2.24, 2.45) is 0 Å². The number of carbonyl (C=O) groups is 2. The predicted octanol–water partition coefficient (Wildman–Crippen LogP) is -2.26. The second-order valence-corrected chi connectivity index (χ2v) is 4.28. The maximum absolute atomic E-state index is 12.0. The summed E-state index contributed by atoms with van der Waals surface area (Å²) in [7, 11) is -0.327. The van der Waals surface area contributed by atoms with Crippen molar-refractivity contribution in [1.29, 1.82) is 0 Å². The molecule has 1 aromatic rings. The Balaban J connectivity index is 2.69. The fourth-order valence-electron chi connectivity index (χ4n) is 1.40. The molecule has 2 amide bonds. The Morgan fingerprint density at radius 2 is 2.10 bits per heavy atom. The molecule has 0 saturated carbocycles. The summed E-state index contributed by atoms with van der Waals surface area (Å²) in [5, 5.41) is 22.7. The first-order valence-electron chi connectivity index (χ1n) is 6.18. The minimum absolute atomic E-state index is 0.0571. The summed E-state index contributed by atoms with van der Waals surface area (Å²) in [5.41, 5.74) is 0.0571. The summed E-state index contributed by atoms with van der Waals surface area (Å²) >= 11 is 0. The lowest BCUT2D eigenvalue weighted by molar-refractivity contribution is -0.124. The maximum atomic E-state index is 12.0. The molecule has 0 spiro atoms. The van der Waals surface area contributed by atoms with Gasteiger partial charge in [-0.05, 0) is 6.92 Å². The molecular formula is C11H17BN4O5. The van der Waals surface area contributed by atoms with E-state index in [0.29, 0.717) is 0 Å². The lowest BCUT2D eigenvalue weighted by atomic mass is 9.81. The van der Waals surface area contributed by atoms with Crippen molar-refractivity contribution in [3.63, 3.8) is 0 Å². The van der Waals surface area contributed by atoms with Gasteiger partial charge in [0.15, 0.2) is 0 Å². The first-order valence-corrected chi connectivity index (χ1v) is 6.18. The van der Waals surface area contributed by atoms with E-state index < -0.39 is 30.9 Å². The average Bonchev–Trinajstić information content (AvgIpc) is 2.47. The molecule has 21 heavy (non-hydrogen) atoms. The molecule has 0 aromatic carbocycles. The van der Waals surface area contributed by atoms with E-state index in [1.165, 1.54) is 32.6 Å². The lowest BCUT2D eigenvalue weighted by Crippen LogP contribution is -2.54. The van der Waals surface area contributed by atoms with E-state index >= 15 is 0 Å². The Bertz CT molecular complexity index is 473. The SMILES string of the molecule is COCC(NC(=O)c1cnccn1)C(=O)NC(C)B(O)O. The highest BCUT2D eigenvalue weighted by atomic mass is 16.5. The molecule has 10 heteroatoms. The number of rotatable bonds is 7. The van der Waals surface area contributed by atoms with Gasteiger partial charge in [0.05, 0.1) is 18.7 Å². The van der Waals surface area contributed by atoms with Gasteiger partial charge >= 0.3 is 7.12 Å². The van der Waals surface area contributed by atoms with Crippen LogP contribution in [0.5, 0.6) is 0 Å². The standard InChI is InChI=1S/C11H17BN4O5/c1-7(12(19)20)15-11(18)9(6-21-2)16-10(17)8-5-13-3-4-14-8/h3-5,7,9,19-20H,6H2,1-2H3,(H,15,18)(H,16,17). The van der Waals surface area contributed by atoms with E-state index in [0.717, 1.165) is 0 Å². The minimum atomic E-state index is -1.70. The number of nitrogens with zero attached hydrogens (tertiary/aromatic N) is 2. The van der Waals surface area contributed by atoms with E-state index in [2.05, 4.69) is 20.6 Å². The van der Waals surface area contributed by atoms with Crippen molar-refractivity contribution in [2.45, 2.75) is 18.9 Å². The molecule has 0 aliphatic rings. The number of hydrogen-bond donors (Lipinski definition) is 4. The summed E-state index contributed by atoms with van der Waals surface area (Å²) in [6.45, 7) is 1.34. The Labute approximate surface area is 121 Å². The van der Waals surface area contributed by atoms with Gasteiger partial charge < -0.3 is 25.4 Å². The molecule has 114 valence electrons. The summed E-state index contributed by atoms with van der Waals surface area (Å²) in [6, 6.07) is -0.995. The minimum Gasteiger partial charge on any atom is -0.426 e. The average molecular weight is 296 g/mol. The van der Waals surface area contributed by atoms with Crippen LogP contribution in [-0.4, -0.2) is 64.6 Å². The number of amides is 2. The molecule has 0 radical (unpaired) electrons. The van der Waals surface area contributed by atoms with Crippen LogP contribution < -0.4 is 10.6 Å². The smallest absolute Gasteiger partial charge is 0.426 e. The molecule has 1 rings (SSSR count). The van der Waals surface area contributed by atoms with Crippen LogP contribution in [0.25, 0.3) is 0 Å². The highest BCUT2D eigenvalue weighted by Gasteiger charge is 2.26. The number of ether oxygens (including phenoxy) is 1. The Morgan fingerprint density at radius 3 is 2.62 bits per heavy atom. The van der Waals surface area contributed by atoms with Gasteiger partial charge in [-0.3, -0.25) is 14.6 Å². The molecule has 0 aliphatic heterocycles. The highest BCUT2D eigenvalue weighted by Crippen LogP contribution is 1.95. The largest absolute Gasteiger partial charge is 0.475 e. The topological polar surface area (TPSA) is 134 Å². The van der Waals surface area contributed by atoms with Gasteiger partial charge in [-0.15, -0.1) is 0 Å². The van der Waals surface area contributed by atoms with Crippen LogP contribution in [0.3, 0.4) is 0 Å². The number of aromatic nitrogens is 2. The van der Waals surface area contributed by atoms with Crippen molar-refractivity contribution >= 4 is 18.9 Å². The van der Waals surface area contributed by atoms with Gasteiger partial charge in [-0.1, -0.05) is 0 Å². The van der Waals surface area contributed by atoms with Crippen LogP contribution >= 0.6 is 0 Å². The molecule has 9 nitrogen and oxygen atoms in total. The van der Waals surface area contributed by atoms with Gasteiger partial charge in [0.2, 0.25) is 5.91 Å². The van der Waals surface area contributed by atoms with E-state index in [1.807, 2.05) is 0 Å². The second-order valence-electron chi connectivity index (χ2n) is 4.28. The van der Waals surface area contributed by atoms with Crippen LogP contribution in [-0.2, 0) is 9.53 Å². The van der Waals surface area contributed by atoms with E-state index in [1.54, 1.807) is 0 Å². The Hall–Kier alpha value is -2.04. The summed E-state index contributed by atoms with van der Waals surface area (Å²) in [6.07, 6.45) is 4.03. The van der Waals surface area contributed by atoms with Crippen molar-refractivity contribution in [2.75, 3.05) is 13.7 Å². The second kappa shape index (κ2) is 8.30. The Kier molecular flexibility index (Phi) is 6.72. The zero-order chi connectivity index (χ0) is 15.8. The molecule has 1 heterocycles. The Morgan fingerprint density at radius 1 is 1.38 bits per heavy atom. The van der Waals surface area contributed by atoms with Crippen LogP contribution in [0.2, 0.25) is 0 Å². The van der Waals surface area contributed by atoms with Crippen LogP contribution in [0, 0.1) is 0 Å². The normalized spacial score (nSPS) is 13.1. The molecule has 0 aliphatic carbocycles. The third-order valence-corrected chi connectivity index (χ3v) is 2.57. The van der Waals surface area contributed by atoms with Gasteiger partial charge in [-0.25, -0.2) is 4.98 Å². The summed E-state index contributed by atoms with van der Waals surface area (Å²) in [4.78, 5) is 31.4. The monoisotopic (exact) mass is 296 g/mol. The van der Waals surface area contributed by atoms with E-state index in [-0.39, 0.29) is 12.3 Å². The van der Waals surface area contributed by atoms with Crippen LogP contribution in [0.1, 0.15) is 17.4 Å². The summed E-state index contributed by atoms with van der Waals surface area (Å²) < 4.78 is 4.87. The molecule has 2 atom stereocenters. The van der Waals surface area contributed by atoms with Crippen molar-refractivity contribution in [3.8, 4) is 0 Å². The number of carbonyl (C=O) groups excluding carboxylic acids is 2. The molecule has 0 fully saturated rings. The predicted molar refractivity (Wildman–Crippen MR) is 73.0 cm³/mol. The molecule has 0 saturated heterocycles. The van der Waals surface area contributed by atoms with Crippen molar-refractivity contribution < 1.29 is 24.4 Å². The maximum Gasteiger partial charge on any atom is 0.475 e. The third-order valence-electron chi connectivity index (χ3n) is 2.57. The molecule has 4 N–H and O–H groups in total. The third kappa shape index (κ3) is 5.46. The van der Waals surface area contributed by atoms with Crippen molar-refractivity contribution in [1.82, 2.24) is 20.6 Å².